The molecule has 1 unspecified atom stereocenters. The summed E-state index contributed by atoms with van der Waals surface area (Å²) in [5.74, 6) is -2.73. The second-order valence-electron chi connectivity index (χ2n) is 3.93. The molecule has 1 aromatic rings. The van der Waals surface area contributed by atoms with Gasteiger partial charge in [-0.1, -0.05) is 12.7 Å². The fourth-order valence-corrected chi connectivity index (χ4v) is 1.67. The Labute approximate surface area is 101 Å². The van der Waals surface area contributed by atoms with Gasteiger partial charge < -0.3 is 14.6 Å². The number of benzene rings is 1. The van der Waals surface area contributed by atoms with Crippen LogP contribution in [0.1, 0.15) is 5.56 Å². The third kappa shape index (κ3) is 2.15. The largest absolute Gasteiger partial charge is 0.490 e. The van der Waals surface area contributed by atoms with Gasteiger partial charge in [-0.25, -0.2) is 0 Å². The van der Waals surface area contributed by atoms with Crippen molar-refractivity contribution in [1.82, 2.24) is 0 Å². The summed E-state index contributed by atoms with van der Waals surface area (Å²) in [5.41, 5.74) is 0.261. The molecule has 0 saturated heterocycles. The van der Waals surface area contributed by atoms with E-state index in [0.717, 1.165) is 0 Å². The van der Waals surface area contributed by atoms with Crippen LogP contribution in [0.4, 0.5) is 13.2 Å². The monoisotopic (exact) mass is 260 g/mol. The van der Waals surface area contributed by atoms with Gasteiger partial charge in [-0.2, -0.15) is 13.2 Å². The van der Waals surface area contributed by atoms with Crippen molar-refractivity contribution < 1.29 is 27.8 Å². The first-order valence-electron chi connectivity index (χ1n) is 5.20. The first-order chi connectivity index (χ1) is 8.36. The maximum absolute atomic E-state index is 12.6. The van der Waals surface area contributed by atoms with Gasteiger partial charge in [0.1, 0.15) is 18.1 Å². The number of hydrogen-bond donors (Lipinski definition) is 1. The van der Waals surface area contributed by atoms with Crippen LogP contribution in [0.25, 0.3) is 0 Å². The highest BCUT2D eigenvalue weighted by atomic mass is 19.4. The van der Waals surface area contributed by atoms with Crippen molar-refractivity contribution in [3.8, 4) is 11.5 Å². The zero-order valence-electron chi connectivity index (χ0n) is 9.33. The summed E-state index contributed by atoms with van der Waals surface area (Å²) in [4.78, 5) is 0. The average molecular weight is 260 g/mol. The molecule has 0 aliphatic carbocycles. The first-order valence-corrected chi connectivity index (χ1v) is 5.20. The Kier molecular flexibility index (Phi) is 2.98. The quantitative estimate of drug-likeness (QED) is 0.848. The molecule has 0 amide bonds. The summed E-state index contributed by atoms with van der Waals surface area (Å²) in [6, 6.07) is 4.24. The standard InChI is InChI=1S/C12H11F3O3/c1-2-5-17-9-3-4-10-8(6-9)7-11(16,18-10)12(13,14)15/h2-4,6,16H,1,5,7H2. The molecule has 1 aromatic carbocycles. The average Bonchev–Trinajstić information content (AvgIpc) is 2.62. The minimum Gasteiger partial charge on any atom is -0.490 e. The summed E-state index contributed by atoms with van der Waals surface area (Å²) in [5, 5.41) is 9.41. The van der Waals surface area contributed by atoms with Crippen molar-refractivity contribution in [2.24, 2.45) is 0 Å². The summed E-state index contributed by atoms with van der Waals surface area (Å²) in [7, 11) is 0. The smallest absolute Gasteiger partial charge is 0.455 e. The SMILES string of the molecule is C=CCOc1ccc2c(c1)CC(O)(C(F)(F)F)O2. The van der Waals surface area contributed by atoms with E-state index in [9.17, 15) is 18.3 Å². The van der Waals surface area contributed by atoms with Crippen molar-refractivity contribution in [2.75, 3.05) is 6.61 Å². The van der Waals surface area contributed by atoms with Gasteiger partial charge in [0.2, 0.25) is 0 Å². The molecule has 98 valence electrons. The lowest BCUT2D eigenvalue weighted by atomic mass is 10.1. The summed E-state index contributed by atoms with van der Waals surface area (Å²) >= 11 is 0. The molecular weight excluding hydrogens is 249 g/mol. The van der Waals surface area contributed by atoms with Gasteiger partial charge >= 0.3 is 12.0 Å². The fraction of sp³-hybridized carbons (Fsp3) is 0.333. The van der Waals surface area contributed by atoms with Crippen LogP contribution in [0.5, 0.6) is 11.5 Å². The predicted molar refractivity (Wildman–Crippen MR) is 57.5 cm³/mol. The van der Waals surface area contributed by atoms with Gasteiger partial charge in [-0.15, -0.1) is 0 Å². The molecule has 0 fully saturated rings. The minimum atomic E-state index is -4.84. The number of ether oxygens (including phenoxy) is 2. The van der Waals surface area contributed by atoms with Gasteiger partial charge in [0.15, 0.2) is 0 Å². The number of halogens is 3. The number of alkyl halides is 3. The van der Waals surface area contributed by atoms with Gasteiger partial charge in [-0.3, -0.25) is 0 Å². The Morgan fingerprint density at radius 3 is 2.83 bits per heavy atom. The zero-order chi connectivity index (χ0) is 13.4. The van der Waals surface area contributed by atoms with Crippen LogP contribution in [0, 0.1) is 0 Å². The third-order valence-corrected chi connectivity index (χ3v) is 2.55. The topological polar surface area (TPSA) is 38.7 Å². The molecule has 1 atom stereocenters. The Morgan fingerprint density at radius 2 is 2.22 bits per heavy atom. The maximum Gasteiger partial charge on any atom is 0.455 e. The molecule has 1 heterocycles. The minimum absolute atomic E-state index is 0.0146. The molecule has 18 heavy (non-hydrogen) atoms. The molecule has 3 nitrogen and oxygen atoms in total. The summed E-state index contributed by atoms with van der Waals surface area (Å²) in [6.07, 6.45) is -3.96. The number of rotatable bonds is 3. The van der Waals surface area contributed by atoms with Crippen molar-refractivity contribution in [2.45, 2.75) is 18.4 Å². The molecule has 1 aliphatic heterocycles. The second-order valence-corrected chi connectivity index (χ2v) is 3.93. The number of fused-ring (bicyclic) bond motifs is 1. The molecule has 2 rings (SSSR count). The van der Waals surface area contributed by atoms with E-state index in [1.807, 2.05) is 0 Å². The van der Waals surface area contributed by atoms with E-state index >= 15 is 0 Å². The molecule has 6 heteroatoms. The summed E-state index contributed by atoms with van der Waals surface area (Å²) < 4.78 is 47.6. The van der Waals surface area contributed by atoms with Gasteiger partial charge in [0.25, 0.3) is 0 Å². The van der Waals surface area contributed by atoms with Gasteiger partial charge in [0, 0.05) is 5.56 Å². The van der Waals surface area contributed by atoms with E-state index < -0.39 is 18.4 Å². The number of hydrogen-bond acceptors (Lipinski definition) is 3. The van der Waals surface area contributed by atoms with E-state index in [-0.39, 0.29) is 17.9 Å². The Hall–Kier alpha value is -1.69. The van der Waals surface area contributed by atoms with Crippen LogP contribution in [-0.4, -0.2) is 23.7 Å². The third-order valence-electron chi connectivity index (χ3n) is 2.55. The van der Waals surface area contributed by atoms with Gasteiger partial charge in [-0.05, 0) is 18.2 Å². The van der Waals surface area contributed by atoms with Crippen LogP contribution in [0.15, 0.2) is 30.9 Å². The van der Waals surface area contributed by atoms with E-state index in [1.165, 1.54) is 24.3 Å². The van der Waals surface area contributed by atoms with Crippen LogP contribution in [0.3, 0.4) is 0 Å². The van der Waals surface area contributed by atoms with Crippen molar-refractivity contribution >= 4 is 0 Å². The second kappa shape index (κ2) is 4.20. The van der Waals surface area contributed by atoms with Crippen LogP contribution < -0.4 is 9.47 Å². The fourth-order valence-electron chi connectivity index (χ4n) is 1.67. The van der Waals surface area contributed by atoms with E-state index in [2.05, 4.69) is 11.3 Å². The highest BCUT2D eigenvalue weighted by molar-refractivity contribution is 5.44. The van der Waals surface area contributed by atoms with Crippen molar-refractivity contribution in [3.05, 3.63) is 36.4 Å². The molecule has 0 bridgehead atoms. The molecule has 1 aliphatic rings. The van der Waals surface area contributed by atoms with E-state index in [4.69, 9.17) is 4.74 Å². The highest BCUT2D eigenvalue weighted by Crippen LogP contribution is 2.43. The van der Waals surface area contributed by atoms with Crippen LogP contribution >= 0.6 is 0 Å². The highest BCUT2D eigenvalue weighted by Gasteiger charge is 2.59. The Balaban J connectivity index is 2.22. The summed E-state index contributed by atoms with van der Waals surface area (Å²) in [6.45, 7) is 3.72. The molecule has 0 spiro atoms. The first kappa shape index (κ1) is 12.8. The Morgan fingerprint density at radius 1 is 1.50 bits per heavy atom. The molecule has 1 N–H and O–H groups in total. The van der Waals surface area contributed by atoms with Crippen LogP contribution in [-0.2, 0) is 6.42 Å². The number of aliphatic hydroxyl groups is 1. The van der Waals surface area contributed by atoms with E-state index in [1.54, 1.807) is 0 Å². The predicted octanol–water partition coefficient (Wildman–Crippen LogP) is 2.44. The Bertz CT molecular complexity index is 470. The lowest BCUT2D eigenvalue weighted by Crippen LogP contribution is -2.49. The lowest BCUT2D eigenvalue weighted by molar-refractivity contribution is -0.327. The maximum atomic E-state index is 12.6. The van der Waals surface area contributed by atoms with Gasteiger partial charge in [0.05, 0.1) is 6.42 Å². The van der Waals surface area contributed by atoms with Crippen molar-refractivity contribution in [3.63, 3.8) is 0 Å². The van der Waals surface area contributed by atoms with E-state index in [0.29, 0.717) is 5.75 Å². The molecule has 0 saturated carbocycles. The molecule has 0 radical (unpaired) electrons. The lowest BCUT2D eigenvalue weighted by Gasteiger charge is -2.24. The normalized spacial score (nSPS) is 22.2. The molecular formula is C12H11F3O3. The van der Waals surface area contributed by atoms with Crippen LogP contribution in [0.2, 0.25) is 0 Å². The van der Waals surface area contributed by atoms with Crippen molar-refractivity contribution in [1.29, 1.82) is 0 Å². The molecule has 0 aromatic heterocycles. The zero-order valence-corrected chi connectivity index (χ0v) is 9.33.